The number of halogens is 1. The molecule has 0 spiro atoms. The minimum atomic E-state index is -3.05. The molecule has 1 aliphatic heterocycles. The molecule has 3 aromatic rings. The third kappa shape index (κ3) is 4.20. The molecule has 1 aliphatic rings. The highest BCUT2D eigenvalue weighted by Crippen LogP contribution is 2.40. The van der Waals surface area contributed by atoms with Gasteiger partial charge in [0, 0.05) is 24.4 Å². The first-order valence-electron chi connectivity index (χ1n) is 10.7. The molecular formula is C23H23FN8O3S. The molecule has 3 heterocycles. The van der Waals surface area contributed by atoms with Crippen molar-refractivity contribution in [2.45, 2.75) is 31.1 Å². The molecule has 1 amide bonds. The quantitative estimate of drug-likeness (QED) is 0.548. The second-order valence-electron chi connectivity index (χ2n) is 8.90. The normalized spacial score (nSPS) is 22.8. The predicted molar refractivity (Wildman–Crippen MR) is 131 cm³/mol. The Morgan fingerprint density at radius 1 is 1.31 bits per heavy atom. The average molecular weight is 511 g/mol. The number of benzene rings is 1. The first kappa shape index (κ1) is 24.9. The fourth-order valence-electron chi connectivity index (χ4n) is 4.03. The predicted octanol–water partition coefficient (Wildman–Crippen LogP) is 3.11. The van der Waals surface area contributed by atoms with Crippen molar-refractivity contribution in [3.8, 4) is 23.1 Å². The summed E-state index contributed by atoms with van der Waals surface area (Å²) in [6.07, 6.45) is 1.64. The maximum absolute atomic E-state index is 15.2. The Balaban J connectivity index is 1.80. The number of aromatic nitrogens is 4. The van der Waals surface area contributed by atoms with E-state index in [4.69, 9.17) is 5.26 Å². The van der Waals surface area contributed by atoms with Gasteiger partial charge in [0.25, 0.3) is 0 Å². The lowest BCUT2D eigenvalue weighted by atomic mass is 9.91. The number of carbonyl (C=O) groups is 1. The number of pyridine rings is 1. The summed E-state index contributed by atoms with van der Waals surface area (Å²) in [4.78, 5) is 20.2. The van der Waals surface area contributed by atoms with E-state index in [9.17, 15) is 14.1 Å². The van der Waals surface area contributed by atoms with E-state index in [-0.39, 0.29) is 17.2 Å². The van der Waals surface area contributed by atoms with E-state index in [1.54, 1.807) is 39.1 Å². The summed E-state index contributed by atoms with van der Waals surface area (Å²) in [7, 11) is -1.65. The lowest BCUT2D eigenvalue weighted by molar-refractivity contribution is 0.199. The van der Waals surface area contributed by atoms with Crippen LogP contribution in [0.3, 0.4) is 0 Å². The zero-order chi connectivity index (χ0) is 26.3. The highest BCUT2D eigenvalue weighted by Gasteiger charge is 2.49. The van der Waals surface area contributed by atoms with Gasteiger partial charge in [-0.3, -0.25) is 10.3 Å². The van der Waals surface area contributed by atoms with Crippen LogP contribution in [0.25, 0.3) is 17.1 Å². The van der Waals surface area contributed by atoms with E-state index in [1.807, 2.05) is 6.07 Å². The molecule has 186 valence electrons. The van der Waals surface area contributed by atoms with Crippen LogP contribution in [0.5, 0.6) is 0 Å². The Kier molecular flexibility index (Phi) is 6.09. The van der Waals surface area contributed by atoms with E-state index < -0.39 is 31.9 Å². The maximum atomic E-state index is 15.2. The smallest absolute Gasteiger partial charge is 0.410 e. The number of rotatable bonds is 3. The van der Waals surface area contributed by atoms with E-state index >= 15 is 4.39 Å². The van der Waals surface area contributed by atoms with Gasteiger partial charge in [0.1, 0.15) is 33.7 Å². The lowest BCUT2D eigenvalue weighted by Gasteiger charge is -2.41. The fraction of sp³-hybridized carbons (Fsp3) is 0.304. The summed E-state index contributed by atoms with van der Waals surface area (Å²) in [5.41, 5.74) is 0.0620. The highest BCUT2D eigenvalue weighted by atomic mass is 32.2. The first-order chi connectivity index (χ1) is 16.9. The van der Waals surface area contributed by atoms with Crippen LogP contribution in [-0.4, -0.2) is 58.8 Å². The molecule has 0 fully saturated rings. The first-order valence-corrected chi connectivity index (χ1v) is 12.4. The van der Waals surface area contributed by atoms with Gasteiger partial charge in [-0.05, 0) is 51.1 Å². The number of aliphatic imine (C=N–C) groups is 1. The second-order valence-corrected chi connectivity index (χ2v) is 11.9. The van der Waals surface area contributed by atoms with Crippen LogP contribution in [0.4, 0.5) is 9.18 Å². The average Bonchev–Trinajstić information content (AvgIpc) is 3.33. The van der Waals surface area contributed by atoms with E-state index in [2.05, 4.69) is 30.0 Å². The molecule has 11 nitrogen and oxygen atoms in total. The number of nitriles is 1. The van der Waals surface area contributed by atoms with Crippen LogP contribution in [0, 0.1) is 17.1 Å². The Morgan fingerprint density at radius 2 is 2.06 bits per heavy atom. The summed E-state index contributed by atoms with van der Waals surface area (Å²) in [5.74, 6) is -0.327. The summed E-state index contributed by atoms with van der Waals surface area (Å²) in [5, 5.41) is 28.7. The summed E-state index contributed by atoms with van der Waals surface area (Å²) >= 11 is 0. The van der Waals surface area contributed by atoms with Crippen molar-refractivity contribution >= 4 is 21.7 Å². The lowest BCUT2D eigenvalue weighted by Crippen LogP contribution is -2.57. The maximum Gasteiger partial charge on any atom is 0.410 e. The summed E-state index contributed by atoms with van der Waals surface area (Å²) in [6, 6.07) is 9.52. The van der Waals surface area contributed by atoms with Crippen molar-refractivity contribution in [1.29, 1.82) is 5.26 Å². The second kappa shape index (κ2) is 8.80. The van der Waals surface area contributed by atoms with Gasteiger partial charge in [-0.1, -0.05) is 5.21 Å². The van der Waals surface area contributed by atoms with Gasteiger partial charge in [0.15, 0.2) is 5.82 Å². The molecule has 2 N–H and O–H groups in total. The number of hydrogen-bond donors (Lipinski definition) is 2. The number of amidine groups is 1. The van der Waals surface area contributed by atoms with Crippen molar-refractivity contribution in [1.82, 2.24) is 25.3 Å². The zero-order valence-corrected chi connectivity index (χ0v) is 20.7. The Bertz CT molecular complexity index is 1550. The number of amides is 1. The van der Waals surface area contributed by atoms with Gasteiger partial charge in [-0.15, -0.1) is 5.10 Å². The van der Waals surface area contributed by atoms with Crippen LogP contribution in [0.15, 0.2) is 52.1 Å². The molecule has 0 saturated heterocycles. The van der Waals surface area contributed by atoms with E-state index in [1.165, 1.54) is 36.1 Å². The van der Waals surface area contributed by atoms with Crippen LogP contribution in [0.1, 0.15) is 31.9 Å². The third-order valence-electron chi connectivity index (χ3n) is 6.17. The molecule has 0 radical (unpaired) electrons. The number of nitrogens with zero attached hydrogens (tertiary/aromatic N) is 7. The molecule has 1 aromatic carbocycles. The zero-order valence-electron chi connectivity index (χ0n) is 19.9. The van der Waals surface area contributed by atoms with Gasteiger partial charge < -0.3 is 5.11 Å². The molecule has 1 unspecified atom stereocenters. The molecule has 0 bridgehead atoms. The van der Waals surface area contributed by atoms with Gasteiger partial charge in [-0.2, -0.15) is 5.26 Å². The van der Waals surface area contributed by atoms with Gasteiger partial charge in [0.05, 0.1) is 27.2 Å². The van der Waals surface area contributed by atoms with Crippen molar-refractivity contribution in [2.24, 2.45) is 9.36 Å². The van der Waals surface area contributed by atoms with E-state index in [0.717, 1.165) is 0 Å². The topological polar surface area (TPSA) is 159 Å². The van der Waals surface area contributed by atoms with Crippen LogP contribution in [0.2, 0.25) is 0 Å². The number of nitrogens with one attached hydrogen (secondary N) is 1. The van der Waals surface area contributed by atoms with Crippen LogP contribution < -0.4 is 5.32 Å². The van der Waals surface area contributed by atoms with E-state index in [0.29, 0.717) is 22.6 Å². The highest BCUT2D eigenvalue weighted by molar-refractivity contribution is 7.95. The molecule has 0 saturated carbocycles. The minimum absolute atomic E-state index is 0.0537. The minimum Gasteiger partial charge on any atom is -0.465 e. The molecular weight excluding hydrogens is 487 g/mol. The van der Waals surface area contributed by atoms with Crippen molar-refractivity contribution in [2.75, 3.05) is 12.8 Å². The summed E-state index contributed by atoms with van der Waals surface area (Å²) < 4.78 is 33.3. The van der Waals surface area contributed by atoms with Gasteiger partial charge in [-0.25, -0.2) is 27.4 Å². The largest absolute Gasteiger partial charge is 0.465 e. The number of hydrogen-bond acceptors (Lipinski definition) is 8. The van der Waals surface area contributed by atoms with Crippen LogP contribution in [-0.2, 0) is 15.3 Å². The molecule has 2 atom stereocenters. The van der Waals surface area contributed by atoms with Gasteiger partial charge in [0.2, 0.25) is 0 Å². The molecule has 36 heavy (non-hydrogen) atoms. The third-order valence-corrected chi connectivity index (χ3v) is 9.50. The Labute approximate surface area is 206 Å². The summed E-state index contributed by atoms with van der Waals surface area (Å²) in [6.45, 7) is 4.79. The van der Waals surface area contributed by atoms with Crippen molar-refractivity contribution in [3.63, 3.8) is 0 Å². The Morgan fingerprint density at radius 3 is 2.67 bits per heavy atom. The Hall–Kier alpha value is -4.18. The fourth-order valence-corrected chi connectivity index (χ4v) is 6.36. The van der Waals surface area contributed by atoms with Crippen molar-refractivity contribution in [3.05, 3.63) is 59.7 Å². The molecule has 13 heteroatoms. The SMILES string of the molecule is CN=S1(=O)C[C@@](C)(c2cc(-c3cn(-c4ccc(C#N)cn4)nn3)ccc2F)N=C(NC(=O)O)C1(C)C. The molecule has 0 aliphatic carbocycles. The molecule has 4 rings (SSSR count). The monoisotopic (exact) mass is 510 g/mol. The van der Waals surface area contributed by atoms with Crippen LogP contribution >= 0.6 is 0 Å². The van der Waals surface area contributed by atoms with Crippen molar-refractivity contribution < 1.29 is 18.5 Å². The number of carboxylic acid groups (broad SMARTS) is 1. The molecule has 2 aromatic heterocycles. The van der Waals surface area contributed by atoms with Gasteiger partial charge >= 0.3 is 6.09 Å². The standard InChI is InChI=1S/C23H23FN8O3S/c1-22(2)20(28-21(33)34)29-23(3,13-36(22,35)26-4)16-9-15(6-7-17(16)24)18-12-32(31-30-18)19-8-5-14(10-25)11-27-19/h5-9,11-12H,13H2,1-4H3,(H,28,29)(H,33,34)/t23-,36?/m0/s1.